The quantitative estimate of drug-likeness (QED) is 0.657. The van der Waals surface area contributed by atoms with Crippen molar-refractivity contribution < 1.29 is 4.79 Å². The van der Waals surface area contributed by atoms with E-state index in [1.165, 1.54) is 43.2 Å². The molecule has 1 aromatic rings. The second-order valence-corrected chi connectivity index (χ2v) is 5.28. The monoisotopic (exact) mass is 261 g/mol. The fourth-order valence-electron chi connectivity index (χ4n) is 2.18. The normalized spacial score (nSPS) is 10.4. The number of hydrogen-bond acceptors (Lipinski definition) is 1. The summed E-state index contributed by atoms with van der Waals surface area (Å²) in [6, 6.07) is 8.27. The maximum atomic E-state index is 11.7. The first-order chi connectivity index (χ1) is 9.22. The van der Waals surface area contributed by atoms with Gasteiger partial charge in [-0.1, -0.05) is 68.9 Å². The van der Waals surface area contributed by atoms with E-state index < -0.39 is 0 Å². The Morgan fingerprint density at radius 1 is 1.11 bits per heavy atom. The van der Waals surface area contributed by atoms with Crippen LogP contribution >= 0.6 is 0 Å². The van der Waals surface area contributed by atoms with Crippen molar-refractivity contribution in [3.8, 4) is 0 Å². The van der Waals surface area contributed by atoms with Crippen molar-refractivity contribution >= 4 is 5.91 Å². The van der Waals surface area contributed by atoms with E-state index in [4.69, 9.17) is 0 Å². The van der Waals surface area contributed by atoms with Gasteiger partial charge in [-0.2, -0.15) is 0 Å². The van der Waals surface area contributed by atoms with Crippen molar-refractivity contribution in [3.05, 3.63) is 35.4 Å². The first-order valence-electron chi connectivity index (χ1n) is 7.54. The lowest BCUT2D eigenvalue weighted by Crippen LogP contribution is -2.22. The maximum absolute atomic E-state index is 11.7. The van der Waals surface area contributed by atoms with Crippen LogP contribution in [-0.4, -0.2) is 5.91 Å². The van der Waals surface area contributed by atoms with Gasteiger partial charge >= 0.3 is 0 Å². The van der Waals surface area contributed by atoms with Crippen LogP contribution in [0.1, 0.15) is 63.0 Å². The minimum absolute atomic E-state index is 0.178. The summed E-state index contributed by atoms with van der Waals surface area (Å²) >= 11 is 0. The molecule has 0 fully saturated rings. The second kappa shape index (κ2) is 9.60. The van der Waals surface area contributed by atoms with Crippen molar-refractivity contribution in [2.75, 3.05) is 0 Å². The Bertz CT molecular complexity index is 373. The molecule has 2 nitrogen and oxygen atoms in total. The van der Waals surface area contributed by atoms with Crippen molar-refractivity contribution in [1.82, 2.24) is 5.32 Å². The molecule has 0 radical (unpaired) electrons. The summed E-state index contributed by atoms with van der Waals surface area (Å²) in [5.74, 6) is 0.178. The zero-order chi connectivity index (χ0) is 13.9. The first kappa shape index (κ1) is 15.7. The summed E-state index contributed by atoms with van der Waals surface area (Å²) in [5, 5.41) is 2.99. The van der Waals surface area contributed by atoms with Crippen molar-refractivity contribution in [1.29, 1.82) is 0 Å². The zero-order valence-electron chi connectivity index (χ0n) is 12.4. The van der Waals surface area contributed by atoms with Gasteiger partial charge in [-0.3, -0.25) is 4.79 Å². The number of carbonyl (C=O) groups is 1. The number of unbranched alkanes of at least 4 members (excludes halogenated alkanes) is 5. The van der Waals surface area contributed by atoms with Crippen molar-refractivity contribution in [3.63, 3.8) is 0 Å². The molecule has 106 valence electrons. The number of benzene rings is 1. The van der Waals surface area contributed by atoms with Gasteiger partial charge in [-0.05, 0) is 18.9 Å². The van der Waals surface area contributed by atoms with Crippen LogP contribution in [-0.2, 0) is 11.3 Å². The number of hydrogen-bond donors (Lipinski definition) is 1. The lowest BCUT2D eigenvalue weighted by atomic mass is 10.1. The third kappa shape index (κ3) is 7.66. The molecule has 1 rings (SSSR count). The molecule has 1 aromatic carbocycles. The fourth-order valence-corrected chi connectivity index (χ4v) is 2.18. The molecule has 0 spiro atoms. The van der Waals surface area contributed by atoms with Crippen molar-refractivity contribution in [2.45, 2.75) is 65.3 Å². The Kier molecular flexibility index (Phi) is 7.95. The number of rotatable bonds is 9. The fraction of sp³-hybridized carbons (Fsp3) is 0.588. The van der Waals surface area contributed by atoms with Gasteiger partial charge in [-0.15, -0.1) is 0 Å². The highest BCUT2D eigenvalue weighted by molar-refractivity contribution is 5.75. The average molecular weight is 261 g/mol. The van der Waals surface area contributed by atoms with Crippen LogP contribution in [0.3, 0.4) is 0 Å². The molecule has 0 aliphatic carbocycles. The van der Waals surface area contributed by atoms with E-state index in [1.54, 1.807) is 0 Å². The Morgan fingerprint density at radius 3 is 2.58 bits per heavy atom. The van der Waals surface area contributed by atoms with Gasteiger partial charge in [0.15, 0.2) is 0 Å². The van der Waals surface area contributed by atoms with E-state index in [1.807, 2.05) is 6.07 Å². The molecule has 0 aliphatic rings. The Labute approximate surface area is 117 Å². The topological polar surface area (TPSA) is 29.1 Å². The smallest absolute Gasteiger partial charge is 0.220 e. The molecular weight excluding hydrogens is 234 g/mol. The van der Waals surface area contributed by atoms with Crippen LogP contribution in [0.15, 0.2) is 24.3 Å². The van der Waals surface area contributed by atoms with Crippen LogP contribution < -0.4 is 5.32 Å². The molecule has 0 unspecified atom stereocenters. The molecule has 0 bridgehead atoms. The highest BCUT2D eigenvalue weighted by Crippen LogP contribution is 2.07. The number of carbonyl (C=O) groups excluding carboxylic acids is 1. The standard InChI is InChI=1S/C17H27NO/c1-3-4-5-6-7-8-12-17(19)18-14-16-11-9-10-15(2)13-16/h9-11,13H,3-8,12,14H2,1-2H3,(H,18,19). The summed E-state index contributed by atoms with van der Waals surface area (Å²) in [5.41, 5.74) is 2.42. The number of amides is 1. The summed E-state index contributed by atoms with van der Waals surface area (Å²) in [4.78, 5) is 11.7. The van der Waals surface area contributed by atoms with Gasteiger partial charge in [0.25, 0.3) is 0 Å². The van der Waals surface area contributed by atoms with Gasteiger partial charge in [0.05, 0.1) is 0 Å². The van der Waals surface area contributed by atoms with Crippen LogP contribution in [0, 0.1) is 6.92 Å². The second-order valence-electron chi connectivity index (χ2n) is 5.28. The van der Waals surface area contributed by atoms with Gasteiger partial charge < -0.3 is 5.32 Å². The molecular formula is C17H27NO. The van der Waals surface area contributed by atoms with E-state index in [0.29, 0.717) is 13.0 Å². The number of nitrogens with one attached hydrogen (secondary N) is 1. The minimum Gasteiger partial charge on any atom is -0.352 e. The van der Waals surface area contributed by atoms with Crippen molar-refractivity contribution in [2.24, 2.45) is 0 Å². The van der Waals surface area contributed by atoms with E-state index in [-0.39, 0.29) is 5.91 Å². The molecule has 0 aromatic heterocycles. The highest BCUT2D eigenvalue weighted by Gasteiger charge is 2.01. The number of aryl methyl sites for hydroxylation is 1. The van der Waals surface area contributed by atoms with Crippen LogP contribution in [0.25, 0.3) is 0 Å². The lowest BCUT2D eigenvalue weighted by Gasteiger charge is -2.06. The molecule has 1 amide bonds. The summed E-state index contributed by atoms with van der Waals surface area (Å²) < 4.78 is 0. The highest BCUT2D eigenvalue weighted by atomic mass is 16.1. The average Bonchev–Trinajstić information content (AvgIpc) is 2.40. The van der Waals surface area contributed by atoms with Gasteiger partial charge in [0.2, 0.25) is 5.91 Å². The third-order valence-electron chi connectivity index (χ3n) is 3.33. The van der Waals surface area contributed by atoms with E-state index >= 15 is 0 Å². The summed E-state index contributed by atoms with van der Waals surface area (Å²) in [6.07, 6.45) is 8.02. The van der Waals surface area contributed by atoms with Gasteiger partial charge in [0.1, 0.15) is 0 Å². The summed E-state index contributed by atoms with van der Waals surface area (Å²) in [7, 11) is 0. The first-order valence-corrected chi connectivity index (χ1v) is 7.54. The Balaban J connectivity index is 2.08. The molecule has 2 heteroatoms. The SMILES string of the molecule is CCCCCCCCC(=O)NCc1cccc(C)c1. The summed E-state index contributed by atoms with van der Waals surface area (Å²) in [6.45, 7) is 4.94. The predicted molar refractivity (Wildman–Crippen MR) is 81.0 cm³/mol. The zero-order valence-corrected chi connectivity index (χ0v) is 12.4. The molecule has 0 aliphatic heterocycles. The third-order valence-corrected chi connectivity index (χ3v) is 3.33. The molecule has 0 saturated heterocycles. The Hall–Kier alpha value is -1.31. The van der Waals surface area contributed by atoms with Gasteiger partial charge in [-0.25, -0.2) is 0 Å². The predicted octanol–water partition coefficient (Wildman–Crippen LogP) is 4.36. The van der Waals surface area contributed by atoms with Crippen LogP contribution in [0.4, 0.5) is 0 Å². The largest absolute Gasteiger partial charge is 0.352 e. The maximum Gasteiger partial charge on any atom is 0.220 e. The molecule has 0 heterocycles. The molecule has 0 saturated carbocycles. The molecule has 1 N–H and O–H groups in total. The van der Waals surface area contributed by atoms with E-state index in [0.717, 1.165) is 6.42 Å². The molecule has 0 atom stereocenters. The minimum atomic E-state index is 0.178. The Morgan fingerprint density at radius 2 is 1.84 bits per heavy atom. The molecule has 19 heavy (non-hydrogen) atoms. The van der Waals surface area contributed by atoms with E-state index in [9.17, 15) is 4.79 Å². The van der Waals surface area contributed by atoms with Crippen LogP contribution in [0.5, 0.6) is 0 Å². The van der Waals surface area contributed by atoms with E-state index in [2.05, 4.69) is 37.4 Å². The van der Waals surface area contributed by atoms with Crippen LogP contribution in [0.2, 0.25) is 0 Å². The van der Waals surface area contributed by atoms with Gasteiger partial charge in [0, 0.05) is 13.0 Å². The lowest BCUT2D eigenvalue weighted by molar-refractivity contribution is -0.121.